The fourth-order valence-electron chi connectivity index (χ4n) is 4.22. The Labute approximate surface area is 287 Å². The maximum absolute atomic E-state index is 4.32. The van der Waals surface area contributed by atoms with Gasteiger partial charge in [-0.3, -0.25) is 15.0 Å². The van der Waals surface area contributed by atoms with Crippen molar-refractivity contribution in [2.24, 2.45) is 0 Å². The van der Waals surface area contributed by atoms with E-state index in [1.54, 1.807) is 0 Å². The average molecular weight is 742 g/mol. The molecule has 0 N–H and O–H groups in total. The Bertz CT molecular complexity index is 1480. The number of rotatable bonds is 5. The van der Waals surface area contributed by atoms with Crippen molar-refractivity contribution >= 4 is 55.7 Å². The molecule has 0 aliphatic heterocycles. The van der Waals surface area contributed by atoms with Crippen LogP contribution in [-0.2, 0) is 10.7 Å². The molecule has 0 amide bonds. The van der Waals surface area contributed by atoms with Gasteiger partial charge >= 0.3 is 0 Å². The van der Waals surface area contributed by atoms with Crippen LogP contribution in [0.4, 0.5) is 0 Å². The summed E-state index contributed by atoms with van der Waals surface area (Å²) >= 11 is 6.69. The summed E-state index contributed by atoms with van der Waals surface area (Å²) in [5.74, 6) is 0. The van der Waals surface area contributed by atoms with Gasteiger partial charge in [0.05, 0.1) is 11.4 Å². The number of hydrogen-bond acceptors (Lipinski definition) is 3. The molecule has 3 heterocycles. The minimum absolute atomic E-state index is 0.446. The van der Waals surface area contributed by atoms with E-state index in [4.69, 9.17) is 0 Å². The van der Waals surface area contributed by atoms with Crippen molar-refractivity contribution in [3.8, 4) is 0 Å². The lowest BCUT2D eigenvalue weighted by Crippen LogP contribution is -2.20. The van der Waals surface area contributed by atoms with Crippen LogP contribution in [0.1, 0.15) is 34.2 Å². The van der Waals surface area contributed by atoms with Crippen LogP contribution in [0.25, 0.3) is 0 Å². The molecular weight excluding hydrogens is 701 g/mol. The fourth-order valence-corrected chi connectivity index (χ4v) is 7.15. The summed E-state index contributed by atoms with van der Waals surface area (Å²) in [4.78, 5) is 12.7. The third-order valence-electron chi connectivity index (χ3n) is 6.24. The molecule has 6 aromatic rings. The van der Waals surface area contributed by atoms with Crippen molar-refractivity contribution in [3.05, 3.63) is 180 Å². The highest BCUT2D eigenvalue weighted by molar-refractivity contribution is 9.08. The zero-order valence-electron chi connectivity index (χ0n) is 26.3. The second kappa shape index (κ2) is 20.5. The molecule has 0 unspecified atom stereocenters. The number of hydrogen-bond donors (Lipinski definition) is 0. The van der Waals surface area contributed by atoms with Crippen LogP contribution in [0.3, 0.4) is 0 Å². The largest absolute Gasteiger partial charge is 0.258 e. The summed E-state index contributed by atoms with van der Waals surface area (Å²) in [6, 6.07) is 50.3. The highest BCUT2D eigenvalue weighted by atomic mass is 79.9. The third-order valence-corrected chi connectivity index (χ3v) is 9.83. The van der Waals surface area contributed by atoms with Crippen LogP contribution in [-0.4, -0.2) is 15.0 Å². The Morgan fingerprint density at radius 1 is 0.378 bits per heavy atom. The lowest BCUT2D eigenvalue weighted by molar-refractivity contribution is 1.10. The van der Waals surface area contributed by atoms with Gasteiger partial charge in [0.1, 0.15) is 0 Å². The van der Waals surface area contributed by atoms with Gasteiger partial charge in [-0.2, -0.15) is 0 Å². The van der Waals surface area contributed by atoms with Crippen molar-refractivity contribution in [2.45, 2.75) is 38.4 Å². The summed E-state index contributed by atoms with van der Waals surface area (Å²) in [7, 11) is -0.446. The number of pyridine rings is 3. The monoisotopic (exact) mass is 739 g/mol. The summed E-state index contributed by atoms with van der Waals surface area (Å²) in [5, 5.41) is 5.85. The number of alkyl halides is 2. The molecule has 0 radical (unpaired) electrons. The van der Waals surface area contributed by atoms with Crippen molar-refractivity contribution in [1.29, 1.82) is 0 Å². The molecule has 0 saturated carbocycles. The van der Waals surface area contributed by atoms with Crippen LogP contribution in [0.2, 0.25) is 0 Å². The molecule has 0 aliphatic carbocycles. The van der Waals surface area contributed by atoms with Gasteiger partial charge in [-0.25, -0.2) is 0 Å². The van der Waals surface area contributed by atoms with Crippen molar-refractivity contribution < 1.29 is 0 Å². The van der Waals surface area contributed by atoms with E-state index in [0.29, 0.717) is 0 Å². The van der Waals surface area contributed by atoms with E-state index < -0.39 is 7.92 Å². The first-order chi connectivity index (χ1) is 21.9. The molecule has 0 fully saturated rings. The molecule has 45 heavy (non-hydrogen) atoms. The van der Waals surface area contributed by atoms with Gasteiger partial charge in [0.15, 0.2) is 0 Å². The SMILES string of the molecule is BrCc1cccc(CBr)n1.Cc1cccc(C)n1.Cc1cccc(C)n1.c1ccc(P(c2ccccc2)c2ccccc2)cc1. The normalized spacial score (nSPS) is 9.93. The van der Waals surface area contributed by atoms with E-state index in [-0.39, 0.29) is 0 Å². The quantitative estimate of drug-likeness (QED) is 0.131. The minimum Gasteiger partial charge on any atom is -0.258 e. The Balaban J connectivity index is 0.000000179. The standard InChI is InChI=1S/C18H15P.C7H7Br2N.2C7H9N/c1-4-10-16(11-5-1)19(17-12-6-2-7-13-17)18-14-8-3-9-15-18;8-4-6-2-1-3-7(5-9)10-6;2*1-6-4-3-5-7(2)8-6/h1-15H;1-3H,4-5H2;2*3-5H,1-2H3. The lowest BCUT2D eigenvalue weighted by atomic mass is 10.3. The Morgan fingerprint density at radius 3 is 0.911 bits per heavy atom. The van der Waals surface area contributed by atoms with E-state index in [1.807, 2.05) is 82.3 Å². The van der Waals surface area contributed by atoms with Gasteiger partial charge in [-0.1, -0.05) is 141 Å². The molecule has 0 saturated heterocycles. The molecule has 0 bridgehead atoms. The molecule has 3 aromatic heterocycles. The van der Waals surface area contributed by atoms with Crippen molar-refractivity contribution in [1.82, 2.24) is 15.0 Å². The van der Waals surface area contributed by atoms with E-state index in [9.17, 15) is 0 Å². The topological polar surface area (TPSA) is 38.7 Å². The van der Waals surface area contributed by atoms with Crippen molar-refractivity contribution in [2.75, 3.05) is 0 Å². The van der Waals surface area contributed by atoms with Gasteiger partial charge < -0.3 is 0 Å². The second-order valence-corrected chi connectivity index (χ2v) is 13.4. The summed E-state index contributed by atoms with van der Waals surface area (Å²) < 4.78 is 0. The predicted octanol–water partition coefficient (Wildman–Crippen LogP) is 9.71. The minimum atomic E-state index is -0.446. The predicted molar refractivity (Wildman–Crippen MR) is 202 cm³/mol. The van der Waals surface area contributed by atoms with E-state index in [1.165, 1.54) is 15.9 Å². The van der Waals surface area contributed by atoms with E-state index in [0.717, 1.165) is 44.8 Å². The summed E-state index contributed by atoms with van der Waals surface area (Å²) in [6.45, 7) is 7.97. The fraction of sp³-hybridized carbons (Fsp3) is 0.154. The second-order valence-electron chi connectivity index (χ2n) is 10.1. The molecule has 6 rings (SSSR count). The molecular formula is C39H40Br2N3P. The smallest absolute Gasteiger partial charge is 0.0512 e. The highest BCUT2D eigenvalue weighted by Crippen LogP contribution is 2.32. The van der Waals surface area contributed by atoms with Gasteiger partial charge in [0.25, 0.3) is 0 Å². The maximum atomic E-state index is 4.32. The maximum Gasteiger partial charge on any atom is 0.0512 e. The van der Waals surface area contributed by atoms with E-state index >= 15 is 0 Å². The van der Waals surface area contributed by atoms with Crippen LogP contribution in [0, 0.1) is 27.7 Å². The molecule has 6 heteroatoms. The Kier molecular flexibility index (Phi) is 16.4. The van der Waals surface area contributed by atoms with Crippen molar-refractivity contribution in [3.63, 3.8) is 0 Å². The zero-order chi connectivity index (χ0) is 32.3. The van der Waals surface area contributed by atoms with Crippen LogP contribution in [0.15, 0.2) is 146 Å². The van der Waals surface area contributed by atoms with Crippen LogP contribution >= 0.6 is 39.8 Å². The Morgan fingerprint density at radius 2 is 0.667 bits per heavy atom. The first-order valence-electron chi connectivity index (χ1n) is 14.7. The molecule has 3 aromatic carbocycles. The Hall–Kier alpha value is -3.50. The lowest BCUT2D eigenvalue weighted by Gasteiger charge is -2.18. The zero-order valence-corrected chi connectivity index (χ0v) is 30.4. The number of aryl methyl sites for hydroxylation is 4. The summed E-state index contributed by atoms with van der Waals surface area (Å²) in [5.41, 5.74) is 6.51. The first-order valence-corrected chi connectivity index (χ1v) is 18.3. The number of aromatic nitrogens is 3. The average Bonchev–Trinajstić information content (AvgIpc) is 3.07. The molecule has 0 atom stereocenters. The van der Waals surface area contributed by atoms with Gasteiger partial charge in [0.2, 0.25) is 0 Å². The molecule has 0 aliphatic rings. The molecule has 230 valence electrons. The number of halogens is 2. The van der Waals surface area contributed by atoms with Crippen LogP contribution in [0.5, 0.6) is 0 Å². The first kappa shape index (κ1) is 36.0. The van der Waals surface area contributed by atoms with Gasteiger partial charge in [-0.05, 0) is 87.9 Å². The van der Waals surface area contributed by atoms with E-state index in [2.05, 4.69) is 138 Å². The third kappa shape index (κ3) is 13.6. The summed E-state index contributed by atoms with van der Waals surface area (Å²) in [6.07, 6.45) is 0. The van der Waals surface area contributed by atoms with Gasteiger partial charge in [-0.15, -0.1) is 0 Å². The number of benzene rings is 3. The number of nitrogens with zero attached hydrogens (tertiary/aromatic N) is 3. The highest BCUT2D eigenvalue weighted by Gasteiger charge is 2.15. The van der Waals surface area contributed by atoms with Crippen LogP contribution < -0.4 is 15.9 Å². The molecule has 3 nitrogen and oxygen atoms in total. The van der Waals surface area contributed by atoms with Gasteiger partial charge in [0, 0.05) is 33.4 Å². The molecule has 0 spiro atoms.